The lowest BCUT2D eigenvalue weighted by atomic mass is 10.1. The van der Waals surface area contributed by atoms with Crippen LogP contribution >= 0.6 is 0 Å². The van der Waals surface area contributed by atoms with Gasteiger partial charge in [-0.05, 0) is 19.5 Å². The molecule has 0 amide bonds. The fourth-order valence-corrected chi connectivity index (χ4v) is 1.79. The van der Waals surface area contributed by atoms with Crippen LogP contribution in [-0.4, -0.2) is 30.2 Å². The standard InChI is InChI=1S/C15H20N6O/c1-11-4-3-5-12(8-11)10-18-21-14-9-13(16)19-15(20-14)22-7-6-17-2/h3-5,8-9,17H,6-7,10H2,1-2H3,(H2,16,19,20). The Morgan fingerprint density at radius 2 is 2.14 bits per heavy atom. The van der Waals surface area contributed by atoms with Gasteiger partial charge in [0.1, 0.15) is 12.4 Å². The molecular weight excluding hydrogens is 280 g/mol. The van der Waals surface area contributed by atoms with Gasteiger partial charge in [0.25, 0.3) is 0 Å². The smallest absolute Gasteiger partial charge is 0.320 e. The first kappa shape index (κ1) is 15.8. The molecule has 2 aromatic rings. The number of nitrogen functional groups attached to an aromatic ring is 1. The van der Waals surface area contributed by atoms with Gasteiger partial charge in [0, 0.05) is 12.6 Å². The molecule has 1 aromatic carbocycles. The molecule has 116 valence electrons. The van der Waals surface area contributed by atoms with Gasteiger partial charge in [-0.25, -0.2) is 0 Å². The summed E-state index contributed by atoms with van der Waals surface area (Å²) < 4.78 is 5.38. The molecule has 0 bridgehead atoms. The van der Waals surface area contributed by atoms with Crippen molar-refractivity contribution in [1.29, 1.82) is 0 Å². The minimum absolute atomic E-state index is 0.208. The van der Waals surface area contributed by atoms with Crippen LogP contribution < -0.4 is 15.8 Å². The highest BCUT2D eigenvalue weighted by atomic mass is 16.5. The van der Waals surface area contributed by atoms with E-state index in [1.54, 1.807) is 6.07 Å². The molecule has 7 nitrogen and oxygen atoms in total. The molecule has 0 saturated carbocycles. The third-order valence-electron chi connectivity index (χ3n) is 2.80. The fourth-order valence-electron chi connectivity index (χ4n) is 1.79. The van der Waals surface area contributed by atoms with E-state index in [2.05, 4.69) is 31.6 Å². The highest BCUT2D eigenvalue weighted by molar-refractivity contribution is 5.41. The Labute approximate surface area is 129 Å². The van der Waals surface area contributed by atoms with Gasteiger partial charge in [-0.3, -0.25) is 0 Å². The molecule has 0 fully saturated rings. The second kappa shape index (κ2) is 8.04. The van der Waals surface area contributed by atoms with Crippen LogP contribution in [0.3, 0.4) is 0 Å². The number of nitrogens with zero attached hydrogens (tertiary/aromatic N) is 4. The summed E-state index contributed by atoms with van der Waals surface area (Å²) in [4.78, 5) is 8.15. The van der Waals surface area contributed by atoms with Crippen molar-refractivity contribution in [3.05, 3.63) is 41.5 Å². The van der Waals surface area contributed by atoms with Crippen molar-refractivity contribution >= 4 is 11.6 Å². The number of hydrogen-bond acceptors (Lipinski definition) is 7. The van der Waals surface area contributed by atoms with Crippen molar-refractivity contribution in [3.8, 4) is 6.01 Å². The maximum absolute atomic E-state index is 5.72. The predicted molar refractivity (Wildman–Crippen MR) is 85.3 cm³/mol. The molecular formula is C15H20N6O. The number of anilines is 1. The number of aromatic nitrogens is 2. The van der Waals surface area contributed by atoms with Gasteiger partial charge in [0.2, 0.25) is 0 Å². The van der Waals surface area contributed by atoms with Gasteiger partial charge >= 0.3 is 6.01 Å². The third-order valence-corrected chi connectivity index (χ3v) is 2.80. The Bertz CT molecular complexity index is 644. The van der Waals surface area contributed by atoms with Gasteiger partial charge in [-0.15, -0.1) is 5.11 Å². The molecule has 1 aromatic heterocycles. The number of nitrogens with two attached hydrogens (primary N) is 1. The molecule has 0 radical (unpaired) electrons. The number of azo groups is 1. The van der Waals surface area contributed by atoms with Crippen LogP contribution in [0.1, 0.15) is 11.1 Å². The number of rotatable bonds is 7. The van der Waals surface area contributed by atoms with E-state index >= 15 is 0 Å². The van der Waals surface area contributed by atoms with Crippen molar-refractivity contribution in [2.75, 3.05) is 25.9 Å². The van der Waals surface area contributed by atoms with Crippen molar-refractivity contribution in [2.45, 2.75) is 13.5 Å². The molecule has 0 atom stereocenters. The molecule has 22 heavy (non-hydrogen) atoms. The first-order chi connectivity index (χ1) is 10.7. The summed E-state index contributed by atoms with van der Waals surface area (Å²) in [5, 5.41) is 11.2. The Balaban J connectivity index is 2.00. The highest BCUT2D eigenvalue weighted by Gasteiger charge is 2.03. The Kier molecular flexibility index (Phi) is 5.79. The van der Waals surface area contributed by atoms with E-state index in [-0.39, 0.29) is 6.01 Å². The average molecular weight is 300 g/mol. The first-order valence-electron chi connectivity index (χ1n) is 7.02. The summed E-state index contributed by atoms with van der Waals surface area (Å²) in [5.41, 5.74) is 8.01. The zero-order chi connectivity index (χ0) is 15.8. The van der Waals surface area contributed by atoms with Crippen molar-refractivity contribution in [2.24, 2.45) is 10.2 Å². The van der Waals surface area contributed by atoms with Gasteiger partial charge < -0.3 is 15.8 Å². The number of likely N-dealkylation sites (N-methyl/N-ethyl adjacent to an activating group) is 1. The second-order valence-electron chi connectivity index (χ2n) is 4.77. The SMILES string of the molecule is CNCCOc1nc(N)cc(N=NCc2cccc(C)c2)n1. The number of ether oxygens (including phenoxy) is 1. The maximum atomic E-state index is 5.72. The lowest BCUT2D eigenvalue weighted by molar-refractivity contribution is 0.294. The number of benzene rings is 1. The minimum Gasteiger partial charge on any atom is -0.462 e. The average Bonchev–Trinajstić information content (AvgIpc) is 2.47. The summed E-state index contributed by atoms with van der Waals surface area (Å²) in [7, 11) is 1.84. The molecule has 1 heterocycles. The number of hydrogen-bond donors (Lipinski definition) is 2. The van der Waals surface area contributed by atoms with E-state index in [0.717, 1.165) is 5.56 Å². The minimum atomic E-state index is 0.208. The second-order valence-corrected chi connectivity index (χ2v) is 4.77. The van der Waals surface area contributed by atoms with E-state index in [1.807, 2.05) is 32.2 Å². The van der Waals surface area contributed by atoms with Crippen LogP contribution in [0.25, 0.3) is 0 Å². The van der Waals surface area contributed by atoms with Crippen molar-refractivity contribution in [3.63, 3.8) is 0 Å². The van der Waals surface area contributed by atoms with Crippen molar-refractivity contribution < 1.29 is 4.74 Å². The zero-order valence-electron chi connectivity index (χ0n) is 12.8. The van der Waals surface area contributed by atoms with E-state index in [0.29, 0.717) is 31.3 Å². The van der Waals surface area contributed by atoms with Crippen LogP contribution in [0.15, 0.2) is 40.6 Å². The number of nitrogens with one attached hydrogen (secondary N) is 1. The summed E-state index contributed by atoms with van der Waals surface area (Å²) in [6.45, 7) is 3.68. The lowest BCUT2D eigenvalue weighted by Crippen LogP contribution is -2.16. The largest absolute Gasteiger partial charge is 0.462 e. The molecule has 0 unspecified atom stereocenters. The maximum Gasteiger partial charge on any atom is 0.320 e. The van der Waals surface area contributed by atoms with Gasteiger partial charge in [0.05, 0.1) is 6.54 Å². The fraction of sp³-hybridized carbons (Fsp3) is 0.333. The van der Waals surface area contributed by atoms with E-state index < -0.39 is 0 Å². The Morgan fingerprint density at radius 1 is 1.27 bits per heavy atom. The Morgan fingerprint density at radius 3 is 2.91 bits per heavy atom. The van der Waals surface area contributed by atoms with Crippen LogP contribution in [-0.2, 0) is 6.54 Å². The highest BCUT2D eigenvalue weighted by Crippen LogP contribution is 2.17. The normalized spacial score (nSPS) is 11.0. The molecule has 3 N–H and O–H groups in total. The molecule has 0 aliphatic heterocycles. The van der Waals surface area contributed by atoms with Crippen LogP contribution in [0.2, 0.25) is 0 Å². The summed E-state index contributed by atoms with van der Waals surface area (Å²) in [6.07, 6.45) is 0. The third kappa shape index (κ3) is 5.10. The summed E-state index contributed by atoms with van der Waals surface area (Å²) in [5.74, 6) is 0.693. The Hall–Kier alpha value is -2.54. The first-order valence-corrected chi connectivity index (χ1v) is 7.02. The topological polar surface area (TPSA) is 97.8 Å². The van der Waals surface area contributed by atoms with E-state index in [1.165, 1.54) is 5.56 Å². The van der Waals surface area contributed by atoms with Crippen molar-refractivity contribution in [1.82, 2.24) is 15.3 Å². The molecule has 0 spiro atoms. The zero-order valence-corrected chi connectivity index (χ0v) is 12.8. The van der Waals surface area contributed by atoms with Gasteiger partial charge in [0.15, 0.2) is 5.82 Å². The predicted octanol–water partition coefficient (Wildman–Crippen LogP) is 2.25. The van der Waals surface area contributed by atoms with E-state index in [9.17, 15) is 0 Å². The molecule has 0 aliphatic carbocycles. The molecule has 2 rings (SSSR count). The van der Waals surface area contributed by atoms with E-state index in [4.69, 9.17) is 10.5 Å². The quantitative estimate of drug-likeness (QED) is 0.603. The van der Waals surface area contributed by atoms with Gasteiger partial charge in [-0.1, -0.05) is 29.8 Å². The summed E-state index contributed by atoms with van der Waals surface area (Å²) >= 11 is 0. The van der Waals surface area contributed by atoms with Crippen LogP contribution in [0.5, 0.6) is 6.01 Å². The van der Waals surface area contributed by atoms with Crippen LogP contribution in [0, 0.1) is 6.92 Å². The monoisotopic (exact) mass is 300 g/mol. The molecule has 0 saturated heterocycles. The summed E-state index contributed by atoms with van der Waals surface area (Å²) in [6, 6.07) is 9.88. The molecule has 7 heteroatoms. The van der Waals surface area contributed by atoms with Crippen LogP contribution in [0.4, 0.5) is 11.6 Å². The molecule has 0 aliphatic rings. The lowest BCUT2D eigenvalue weighted by Gasteiger charge is -2.04. The number of aryl methyl sites for hydroxylation is 1. The van der Waals surface area contributed by atoms with Gasteiger partial charge in [-0.2, -0.15) is 15.1 Å².